The lowest BCUT2D eigenvalue weighted by molar-refractivity contribution is -0.113. The summed E-state index contributed by atoms with van der Waals surface area (Å²) in [6, 6.07) is 11.5. The topological polar surface area (TPSA) is 104 Å². The number of hydrogen-bond donors (Lipinski definition) is 1. The minimum atomic E-state index is -0.408. The zero-order valence-corrected chi connectivity index (χ0v) is 17.7. The van der Waals surface area contributed by atoms with Gasteiger partial charge in [-0.15, -0.1) is 10.2 Å². The molecule has 3 aromatic rings. The molecule has 0 aliphatic rings. The number of halogens is 1. The predicted octanol–water partition coefficient (Wildman–Crippen LogP) is 4.31. The van der Waals surface area contributed by atoms with Gasteiger partial charge in [0, 0.05) is 10.7 Å². The van der Waals surface area contributed by atoms with E-state index in [4.69, 9.17) is 25.5 Å². The van der Waals surface area contributed by atoms with Gasteiger partial charge in [0.15, 0.2) is 0 Å². The Labute approximate surface area is 181 Å². The van der Waals surface area contributed by atoms with E-state index in [0.29, 0.717) is 34.2 Å². The minimum Gasteiger partial charge on any atom is -0.496 e. The summed E-state index contributed by atoms with van der Waals surface area (Å²) in [7, 11) is 1.53. The van der Waals surface area contributed by atoms with E-state index in [1.54, 1.807) is 49.4 Å². The fourth-order valence-electron chi connectivity index (χ4n) is 2.45. The third kappa shape index (κ3) is 5.52. The summed E-state index contributed by atoms with van der Waals surface area (Å²) < 4.78 is 15.8. The highest BCUT2D eigenvalue weighted by molar-refractivity contribution is 7.99. The first-order valence-corrected chi connectivity index (χ1v) is 10.2. The lowest BCUT2D eigenvalue weighted by atomic mass is 10.2. The highest BCUT2D eigenvalue weighted by Gasteiger charge is 2.16. The molecule has 3 rings (SSSR count). The SMILES string of the molecule is CCOC(=O)c1ccc(NC(=O)CSc2nnc(-c3cc(Cl)ccc3OC)o2)cc1. The van der Waals surface area contributed by atoms with Crippen LogP contribution in [0.3, 0.4) is 0 Å². The predicted molar refractivity (Wildman–Crippen MR) is 113 cm³/mol. The van der Waals surface area contributed by atoms with E-state index in [2.05, 4.69) is 15.5 Å². The normalized spacial score (nSPS) is 10.5. The number of rotatable bonds is 8. The molecule has 0 unspecified atom stereocenters. The number of nitrogens with zero attached hydrogens (tertiary/aromatic N) is 2. The monoisotopic (exact) mass is 447 g/mol. The van der Waals surface area contributed by atoms with Crippen molar-refractivity contribution in [3.05, 3.63) is 53.1 Å². The maximum atomic E-state index is 12.2. The van der Waals surface area contributed by atoms with Gasteiger partial charge in [0.1, 0.15) is 5.75 Å². The van der Waals surface area contributed by atoms with E-state index in [-0.39, 0.29) is 22.8 Å². The lowest BCUT2D eigenvalue weighted by Gasteiger charge is -2.06. The van der Waals surface area contributed by atoms with Crippen LogP contribution in [0.2, 0.25) is 5.02 Å². The molecule has 0 bridgehead atoms. The molecule has 156 valence electrons. The molecule has 0 radical (unpaired) electrons. The molecule has 30 heavy (non-hydrogen) atoms. The Morgan fingerprint density at radius 2 is 1.93 bits per heavy atom. The third-order valence-electron chi connectivity index (χ3n) is 3.80. The Morgan fingerprint density at radius 1 is 1.17 bits per heavy atom. The van der Waals surface area contributed by atoms with E-state index >= 15 is 0 Å². The van der Waals surface area contributed by atoms with Gasteiger partial charge in [-0.3, -0.25) is 4.79 Å². The molecule has 1 amide bonds. The second kappa shape index (κ2) is 10.1. The van der Waals surface area contributed by atoms with E-state index in [0.717, 1.165) is 11.8 Å². The molecule has 8 nitrogen and oxygen atoms in total. The van der Waals surface area contributed by atoms with Crippen LogP contribution in [0, 0.1) is 0 Å². The molecule has 0 aliphatic carbocycles. The number of esters is 1. The number of benzene rings is 2. The number of carbonyl (C=O) groups is 2. The van der Waals surface area contributed by atoms with E-state index in [9.17, 15) is 9.59 Å². The number of amides is 1. The maximum absolute atomic E-state index is 12.2. The first-order valence-electron chi connectivity index (χ1n) is 8.87. The molecule has 1 heterocycles. The number of aromatic nitrogens is 2. The van der Waals surface area contributed by atoms with Crippen molar-refractivity contribution < 1.29 is 23.5 Å². The summed E-state index contributed by atoms with van der Waals surface area (Å²) in [4.78, 5) is 23.8. The van der Waals surface area contributed by atoms with Crippen LogP contribution in [-0.2, 0) is 9.53 Å². The van der Waals surface area contributed by atoms with Gasteiger partial charge in [-0.1, -0.05) is 23.4 Å². The van der Waals surface area contributed by atoms with Crippen molar-refractivity contribution in [2.75, 3.05) is 24.8 Å². The first kappa shape index (κ1) is 21.7. The van der Waals surface area contributed by atoms with Crippen molar-refractivity contribution in [1.82, 2.24) is 10.2 Å². The summed E-state index contributed by atoms with van der Waals surface area (Å²) >= 11 is 7.12. The van der Waals surface area contributed by atoms with Crippen molar-refractivity contribution in [1.29, 1.82) is 0 Å². The molecular formula is C20H18ClN3O5S. The molecule has 10 heteroatoms. The number of nitrogens with one attached hydrogen (secondary N) is 1. The molecule has 1 aromatic heterocycles. The van der Waals surface area contributed by atoms with Crippen LogP contribution in [0.25, 0.3) is 11.5 Å². The Morgan fingerprint density at radius 3 is 2.63 bits per heavy atom. The average molecular weight is 448 g/mol. The summed E-state index contributed by atoms with van der Waals surface area (Å²) in [5.41, 5.74) is 1.54. The molecule has 2 aromatic carbocycles. The van der Waals surface area contributed by atoms with Crippen LogP contribution in [0.4, 0.5) is 5.69 Å². The quantitative estimate of drug-likeness (QED) is 0.402. The second-order valence-corrected chi connectivity index (χ2v) is 7.22. The fourth-order valence-corrected chi connectivity index (χ4v) is 3.19. The second-order valence-electron chi connectivity index (χ2n) is 5.85. The van der Waals surface area contributed by atoms with Gasteiger partial charge < -0.3 is 19.2 Å². The largest absolute Gasteiger partial charge is 0.496 e. The standard InChI is InChI=1S/C20H18ClN3O5S/c1-3-28-19(26)12-4-7-14(8-5-12)22-17(25)11-30-20-24-23-18(29-20)15-10-13(21)6-9-16(15)27-2/h4-10H,3,11H2,1-2H3,(H,22,25). The molecule has 0 spiro atoms. The maximum Gasteiger partial charge on any atom is 0.338 e. The molecule has 0 atom stereocenters. The molecule has 0 fully saturated rings. The molecule has 1 N–H and O–H groups in total. The van der Waals surface area contributed by atoms with Crippen LogP contribution < -0.4 is 10.1 Å². The summed E-state index contributed by atoms with van der Waals surface area (Å²) in [6.45, 7) is 2.04. The van der Waals surface area contributed by atoms with Crippen LogP contribution >= 0.6 is 23.4 Å². The highest BCUT2D eigenvalue weighted by atomic mass is 35.5. The highest BCUT2D eigenvalue weighted by Crippen LogP contribution is 2.33. The summed E-state index contributed by atoms with van der Waals surface area (Å²) in [6.07, 6.45) is 0. The van der Waals surface area contributed by atoms with Gasteiger partial charge in [-0.05, 0) is 49.4 Å². The van der Waals surface area contributed by atoms with Crippen molar-refractivity contribution in [2.45, 2.75) is 12.1 Å². The van der Waals surface area contributed by atoms with Crippen molar-refractivity contribution in [3.8, 4) is 17.2 Å². The number of hydrogen-bond acceptors (Lipinski definition) is 8. The van der Waals surface area contributed by atoms with Gasteiger partial charge in [0.05, 0.1) is 30.6 Å². The van der Waals surface area contributed by atoms with E-state index < -0.39 is 5.97 Å². The van der Waals surface area contributed by atoms with Gasteiger partial charge >= 0.3 is 5.97 Å². The van der Waals surface area contributed by atoms with Crippen molar-refractivity contribution in [2.24, 2.45) is 0 Å². The van der Waals surface area contributed by atoms with Crippen LogP contribution in [0.5, 0.6) is 5.75 Å². The molecular weight excluding hydrogens is 430 g/mol. The third-order valence-corrected chi connectivity index (χ3v) is 4.86. The fraction of sp³-hybridized carbons (Fsp3) is 0.200. The zero-order chi connectivity index (χ0) is 21.5. The number of methoxy groups -OCH3 is 1. The molecule has 0 saturated heterocycles. The van der Waals surface area contributed by atoms with Crippen LogP contribution in [0.1, 0.15) is 17.3 Å². The molecule has 0 saturated carbocycles. The van der Waals surface area contributed by atoms with Crippen molar-refractivity contribution in [3.63, 3.8) is 0 Å². The zero-order valence-electron chi connectivity index (χ0n) is 16.2. The Kier molecular flexibility index (Phi) is 7.31. The van der Waals surface area contributed by atoms with Gasteiger partial charge in [-0.25, -0.2) is 4.79 Å². The summed E-state index contributed by atoms with van der Waals surface area (Å²) in [5.74, 6) is 0.183. The Hall–Kier alpha value is -3.04. The van der Waals surface area contributed by atoms with Crippen LogP contribution in [0.15, 0.2) is 52.1 Å². The molecule has 0 aliphatic heterocycles. The van der Waals surface area contributed by atoms with Crippen molar-refractivity contribution >= 4 is 40.9 Å². The number of thioether (sulfide) groups is 1. The Balaban J connectivity index is 1.57. The smallest absolute Gasteiger partial charge is 0.338 e. The van der Waals surface area contributed by atoms with Gasteiger partial charge in [0.25, 0.3) is 11.1 Å². The number of ether oxygens (including phenoxy) is 2. The van der Waals surface area contributed by atoms with Gasteiger partial charge in [0.2, 0.25) is 5.91 Å². The average Bonchev–Trinajstić information content (AvgIpc) is 3.22. The van der Waals surface area contributed by atoms with E-state index in [1.165, 1.54) is 7.11 Å². The van der Waals surface area contributed by atoms with E-state index in [1.807, 2.05) is 0 Å². The van der Waals surface area contributed by atoms with Gasteiger partial charge in [-0.2, -0.15) is 0 Å². The number of anilines is 1. The number of carbonyl (C=O) groups excluding carboxylic acids is 2. The van der Waals surface area contributed by atoms with Crippen LogP contribution in [-0.4, -0.2) is 41.5 Å². The Bertz CT molecular complexity index is 1040. The first-order chi connectivity index (χ1) is 14.5. The summed E-state index contributed by atoms with van der Waals surface area (Å²) in [5, 5.41) is 11.4. The minimum absolute atomic E-state index is 0.0634. The lowest BCUT2D eigenvalue weighted by Crippen LogP contribution is -2.14.